The monoisotopic (exact) mass is 266 g/mol. The van der Waals surface area contributed by atoms with Gasteiger partial charge in [0.05, 0.1) is 0 Å². The van der Waals surface area contributed by atoms with Gasteiger partial charge in [-0.3, -0.25) is 4.90 Å². The lowest BCUT2D eigenvalue weighted by atomic mass is 10.1. The summed E-state index contributed by atoms with van der Waals surface area (Å²) in [6.45, 7) is 6.54. The molecule has 2 aliphatic rings. The highest BCUT2D eigenvalue weighted by molar-refractivity contribution is 6.30. The third kappa shape index (κ3) is 2.63. The second kappa shape index (κ2) is 5.08. The highest BCUT2D eigenvalue weighted by Crippen LogP contribution is 2.31. The fourth-order valence-corrected chi connectivity index (χ4v) is 3.05. The number of rotatable bonds is 2. The summed E-state index contributed by atoms with van der Waals surface area (Å²) in [5, 5.41) is 4.26. The van der Waals surface area contributed by atoms with E-state index < -0.39 is 0 Å². The summed E-state index contributed by atoms with van der Waals surface area (Å²) < 4.78 is 5.98. The van der Waals surface area contributed by atoms with Crippen LogP contribution in [0.4, 0.5) is 0 Å². The Kier molecular flexibility index (Phi) is 3.46. The molecule has 1 unspecified atom stereocenters. The van der Waals surface area contributed by atoms with Gasteiger partial charge in [-0.15, -0.1) is 0 Å². The van der Waals surface area contributed by atoms with Gasteiger partial charge in [-0.1, -0.05) is 11.6 Å². The van der Waals surface area contributed by atoms with Gasteiger partial charge in [-0.2, -0.15) is 0 Å². The van der Waals surface area contributed by atoms with E-state index in [-0.39, 0.29) is 6.10 Å². The first-order chi connectivity index (χ1) is 8.70. The summed E-state index contributed by atoms with van der Waals surface area (Å²) in [5.74, 6) is 1.01. The highest BCUT2D eigenvalue weighted by Gasteiger charge is 2.26. The summed E-state index contributed by atoms with van der Waals surface area (Å²) in [6, 6.07) is 6.49. The van der Waals surface area contributed by atoms with E-state index in [0.29, 0.717) is 6.04 Å². The van der Waals surface area contributed by atoms with Gasteiger partial charge in [0.1, 0.15) is 11.9 Å². The van der Waals surface area contributed by atoms with Crippen LogP contribution in [0.25, 0.3) is 0 Å². The molecule has 2 atom stereocenters. The third-order valence-electron chi connectivity index (χ3n) is 3.68. The molecule has 1 aromatic rings. The number of halogens is 1. The van der Waals surface area contributed by atoms with E-state index in [1.165, 1.54) is 5.56 Å². The molecule has 3 rings (SSSR count). The molecule has 0 spiro atoms. The van der Waals surface area contributed by atoms with Crippen LogP contribution < -0.4 is 10.1 Å². The van der Waals surface area contributed by atoms with E-state index in [2.05, 4.69) is 17.1 Å². The van der Waals surface area contributed by atoms with Crippen molar-refractivity contribution >= 4 is 11.6 Å². The summed E-state index contributed by atoms with van der Waals surface area (Å²) in [7, 11) is 0. The molecular weight excluding hydrogens is 248 g/mol. The Morgan fingerprint density at radius 2 is 2.39 bits per heavy atom. The molecule has 0 aliphatic carbocycles. The molecule has 0 saturated carbocycles. The summed E-state index contributed by atoms with van der Waals surface area (Å²) in [5.41, 5.74) is 1.25. The van der Waals surface area contributed by atoms with Crippen LogP contribution in [0.5, 0.6) is 5.75 Å². The van der Waals surface area contributed by atoms with Gasteiger partial charge in [0.2, 0.25) is 0 Å². The van der Waals surface area contributed by atoms with Crippen molar-refractivity contribution in [3.8, 4) is 5.75 Å². The number of piperazine rings is 1. The van der Waals surface area contributed by atoms with E-state index in [1.807, 2.05) is 18.2 Å². The molecule has 1 aromatic carbocycles. The van der Waals surface area contributed by atoms with E-state index in [4.69, 9.17) is 16.3 Å². The van der Waals surface area contributed by atoms with Crippen LogP contribution in [0.15, 0.2) is 18.2 Å². The minimum atomic E-state index is 0.281. The molecule has 2 heterocycles. The zero-order valence-corrected chi connectivity index (χ0v) is 11.4. The zero-order chi connectivity index (χ0) is 12.5. The first-order valence-electron chi connectivity index (χ1n) is 6.61. The molecule has 0 radical (unpaired) electrons. The average Bonchev–Trinajstić information content (AvgIpc) is 2.70. The van der Waals surface area contributed by atoms with Crippen LogP contribution in [-0.2, 0) is 6.42 Å². The lowest BCUT2D eigenvalue weighted by molar-refractivity contribution is 0.126. The number of fused-ring (bicyclic) bond motifs is 1. The molecule has 18 heavy (non-hydrogen) atoms. The van der Waals surface area contributed by atoms with Crippen LogP contribution in [0, 0.1) is 0 Å². The minimum absolute atomic E-state index is 0.281. The molecular formula is C14H19ClN2O. The number of hydrogen-bond acceptors (Lipinski definition) is 3. The van der Waals surface area contributed by atoms with Crippen LogP contribution in [0.1, 0.15) is 12.5 Å². The smallest absolute Gasteiger partial charge is 0.123 e. The van der Waals surface area contributed by atoms with Gasteiger partial charge in [-0.25, -0.2) is 0 Å². The van der Waals surface area contributed by atoms with Gasteiger partial charge in [0.15, 0.2) is 0 Å². The van der Waals surface area contributed by atoms with Gasteiger partial charge in [0, 0.05) is 43.7 Å². The molecule has 1 saturated heterocycles. The van der Waals surface area contributed by atoms with Gasteiger partial charge in [-0.05, 0) is 30.7 Å². The van der Waals surface area contributed by atoms with Gasteiger partial charge >= 0.3 is 0 Å². The highest BCUT2D eigenvalue weighted by atomic mass is 35.5. The van der Waals surface area contributed by atoms with Crippen molar-refractivity contribution in [2.45, 2.75) is 25.5 Å². The van der Waals surface area contributed by atoms with Crippen molar-refractivity contribution in [2.75, 3.05) is 26.2 Å². The maximum atomic E-state index is 6.01. The summed E-state index contributed by atoms with van der Waals surface area (Å²) in [6.07, 6.45) is 1.26. The Morgan fingerprint density at radius 3 is 3.22 bits per heavy atom. The van der Waals surface area contributed by atoms with Crippen molar-refractivity contribution in [1.82, 2.24) is 10.2 Å². The predicted octanol–water partition coefficient (Wildman–Crippen LogP) is 1.94. The van der Waals surface area contributed by atoms with Crippen molar-refractivity contribution < 1.29 is 4.74 Å². The topological polar surface area (TPSA) is 24.5 Å². The maximum Gasteiger partial charge on any atom is 0.123 e. The average molecular weight is 267 g/mol. The number of benzene rings is 1. The molecule has 2 aliphatic heterocycles. The molecule has 0 aromatic heterocycles. The first kappa shape index (κ1) is 12.3. The van der Waals surface area contributed by atoms with Crippen molar-refractivity contribution in [1.29, 1.82) is 0 Å². The second-order valence-electron chi connectivity index (χ2n) is 5.31. The zero-order valence-electron chi connectivity index (χ0n) is 10.7. The molecule has 98 valence electrons. The van der Waals surface area contributed by atoms with Gasteiger partial charge in [0.25, 0.3) is 0 Å². The van der Waals surface area contributed by atoms with Crippen molar-refractivity contribution in [3.05, 3.63) is 28.8 Å². The van der Waals surface area contributed by atoms with E-state index in [0.717, 1.165) is 43.4 Å². The SMILES string of the molecule is C[C@@H]1CN(CC2Cc3cc(Cl)ccc3O2)CCN1. The number of nitrogens with zero attached hydrogens (tertiary/aromatic N) is 1. The third-order valence-corrected chi connectivity index (χ3v) is 3.91. The Hall–Kier alpha value is -0.770. The Bertz CT molecular complexity index is 438. The van der Waals surface area contributed by atoms with Crippen molar-refractivity contribution in [2.24, 2.45) is 0 Å². The van der Waals surface area contributed by atoms with Crippen molar-refractivity contribution in [3.63, 3.8) is 0 Å². The summed E-state index contributed by atoms with van der Waals surface area (Å²) in [4.78, 5) is 2.49. The standard InChI is InChI=1S/C14H19ClN2O/c1-10-8-17(5-4-16-10)9-13-7-11-6-12(15)2-3-14(11)18-13/h2-3,6,10,13,16H,4-5,7-9H2,1H3/t10-,13?/m1/s1. The molecule has 1 fully saturated rings. The molecule has 0 bridgehead atoms. The van der Waals surface area contributed by atoms with Crippen LogP contribution in [-0.4, -0.2) is 43.2 Å². The second-order valence-corrected chi connectivity index (χ2v) is 5.75. The van der Waals surface area contributed by atoms with E-state index >= 15 is 0 Å². The van der Waals surface area contributed by atoms with Crippen LogP contribution >= 0.6 is 11.6 Å². The summed E-state index contributed by atoms with van der Waals surface area (Å²) >= 11 is 6.01. The molecule has 4 heteroatoms. The maximum absolute atomic E-state index is 6.01. The normalized spacial score (nSPS) is 27.9. The number of ether oxygens (including phenoxy) is 1. The molecule has 1 N–H and O–H groups in total. The Labute approximate surface area is 113 Å². The predicted molar refractivity (Wildman–Crippen MR) is 73.5 cm³/mol. The van der Waals surface area contributed by atoms with Crippen LogP contribution in [0.3, 0.4) is 0 Å². The quantitative estimate of drug-likeness (QED) is 0.885. The first-order valence-corrected chi connectivity index (χ1v) is 6.99. The molecule has 3 nitrogen and oxygen atoms in total. The van der Waals surface area contributed by atoms with Gasteiger partial charge < -0.3 is 10.1 Å². The van der Waals surface area contributed by atoms with E-state index in [9.17, 15) is 0 Å². The largest absolute Gasteiger partial charge is 0.488 e. The lowest BCUT2D eigenvalue weighted by Crippen LogP contribution is -2.51. The van der Waals surface area contributed by atoms with Crippen LogP contribution in [0.2, 0.25) is 5.02 Å². The fraction of sp³-hybridized carbons (Fsp3) is 0.571. The fourth-order valence-electron chi connectivity index (χ4n) is 2.86. The lowest BCUT2D eigenvalue weighted by Gasteiger charge is -2.33. The minimum Gasteiger partial charge on any atom is -0.488 e. The Balaban J connectivity index is 1.60. The number of nitrogens with one attached hydrogen (secondary N) is 1. The van der Waals surface area contributed by atoms with E-state index in [1.54, 1.807) is 0 Å². The molecule has 0 amide bonds. The Morgan fingerprint density at radius 1 is 1.50 bits per heavy atom. The number of hydrogen-bond donors (Lipinski definition) is 1.